The minimum absolute atomic E-state index is 0.208. The predicted molar refractivity (Wildman–Crippen MR) is 126 cm³/mol. The first-order valence-electron chi connectivity index (χ1n) is 10.8. The summed E-state index contributed by atoms with van der Waals surface area (Å²) in [6, 6.07) is 0. The molecule has 166 valence electrons. The van der Waals surface area contributed by atoms with Crippen LogP contribution in [-0.4, -0.2) is 65.8 Å². The molecule has 7 nitrogen and oxygen atoms in total. The molecule has 2 aliphatic heterocycles. The Bertz CT molecular complexity index is 1100. The fraction of sp³-hybridized carbons (Fsp3) is 0.591. The smallest absolute Gasteiger partial charge is 0.136 e. The Morgan fingerprint density at radius 3 is 2.87 bits per heavy atom. The Morgan fingerprint density at radius 2 is 2.06 bits per heavy atom. The summed E-state index contributed by atoms with van der Waals surface area (Å²) in [4.78, 5) is 17.8. The monoisotopic (exact) mass is 460 g/mol. The lowest BCUT2D eigenvalue weighted by Gasteiger charge is -2.36. The van der Waals surface area contributed by atoms with Crippen molar-refractivity contribution >= 4 is 49.3 Å². The van der Waals surface area contributed by atoms with Crippen LogP contribution in [0.2, 0.25) is 0 Å². The number of fused-ring (bicyclic) bond motifs is 5. The van der Waals surface area contributed by atoms with Gasteiger partial charge in [-0.15, -0.1) is 23.1 Å². The van der Waals surface area contributed by atoms with Crippen LogP contribution in [-0.2, 0) is 27.2 Å². The van der Waals surface area contributed by atoms with E-state index in [-0.39, 0.29) is 5.60 Å². The van der Waals surface area contributed by atoms with E-state index in [4.69, 9.17) is 24.2 Å². The lowest BCUT2D eigenvalue weighted by Crippen LogP contribution is -2.39. The summed E-state index contributed by atoms with van der Waals surface area (Å²) in [5, 5.41) is 2.19. The van der Waals surface area contributed by atoms with Crippen LogP contribution in [0.15, 0.2) is 11.4 Å². The van der Waals surface area contributed by atoms with Gasteiger partial charge in [0.15, 0.2) is 0 Å². The van der Waals surface area contributed by atoms with Gasteiger partial charge >= 0.3 is 0 Å². The third-order valence-electron chi connectivity index (χ3n) is 5.75. The quantitative estimate of drug-likeness (QED) is 0.310. The molecule has 0 saturated carbocycles. The van der Waals surface area contributed by atoms with Gasteiger partial charge in [-0.2, -0.15) is 0 Å². The van der Waals surface area contributed by atoms with E-state index >= 15 is 0 Å². The van der Waals surface area contributed by atoms with Crippen molar-refractivity contribution in [3.63, 3.8) is 0 Å². The molecule has 3 aromatic rings. The second-order valence-electron chi connectivity index (χ2n) is 8.40. The Hall–Kier alpha value is -1.52. The lowest BCUT2D eigenvalue weighted by molar-refractivity contribution is -0.0396. The Morgan fingerprint density at radius 1 is 1.23 bits per heavy atom. The van der Waals surface area contributed by atoms with E-state index in [1.165, 1.54) is 16.5 Å². The number of thioether (sulfide) groups is 1. The zero-order valence-corrected chi connectivity index (χ0v) is 19.9. The maximum atomic E-state index is 6.22. The second kappa shape index (κ2) is 8.78. The van der Waals surface area contributed by atoms with Gasteiger partial charge in [0.05, 0.1) is 42.2 Å². The summed E-state index contributed by atoms with van der Waals surface area (Å²) < 4.78 is 18.4. The van der Waals surface area contributed by atoms with Crippen LogP contribution >= 0.6 is 23.1 Å². The van der Waals surface area contributed by atoms with Crippen LogP contribution in [0.1, 0.15) is 31.9 Å². The molecule has 1 saturated heterocycles. The topological polar surface area (TPSA) is 69.6 Å². The number of hydrogen-bond acceptors (Lipinski definition) is 9. The molecule has 0 N–H and O–H groups in total. The number of pyridine rings is 1. The van der Waals surface area contributed by atoms with Gasteiger partial charge in [-0.05, 0) is 26.3 Å². The number of aromatic nitrogens is 3. The molecule has 1 fully saturated rings. The van der Waals surface area contributed by atoms with Gasteiger partial charge in [-0.1, -0.05) is 0 Å². The van der Waals surface area contributed by atoms with E-state index in [9.17, 15) is 0 Å². The molecule has 0 atom stereocenters. The Kier molecular flexibility index (Phi) is 6.04. The summed E-state index contributed by atoms with van der Waals surface area (Å²) in [6.45, 7) is 11.6. The maximum Gasteiger partial charge on any atom is 0.136 e. The van der Waals surface area contributed by atoms with Crippen LogP contribution in [0.3, 0.4) is 0 Å². The highest BCUT2D eigenvalue weighted by Crippen LogP contribution is 2.44. The van der Waals surface area contributed by atoms with E-state index in [2.05, 4.69) is 23.7 Å². The van der Waals surface area contributed by atoms with Gasteiger partial charge in [-0.25, -0.2) is 15.0 Å². The van der Waals surface area contributed by atoms with Crippen LogP contribution in [0.5, 0.6) is 0 Å². The van der Waals surface area contributed by atoms with E-state index in [0.29, 0.717) is 6.61 Å². The number of ether oxygens (including phenoxy) is 3. The molecule has 0 radical (unpaired) electrons. The molecule has 0 unspecified atom stereocenters. The minimum atomic E-state index is -0.208. The number of rotatable bonds is 6. The Balaban J connectivity index is 1.65. The maximum absolute atomic E-state index is 6.22. The molecule has 9 heteroatoms. The molecule has 0 aromatic carbocycles. The first kappa shape index (κ1) is 21.3. The van der Waals surface area contributed by atoms with Crippen molar-refractivity contribution in [2.24, 2.45) is 0 Å². The van der Waals surface area contributed by atoms with Crippen molar-refractivity contribution in [2.45, 2.75) is 44.4 Å². The van der Waals surface area contributed by atoms with Gasteiger partial charge in [0.1, 0.15) is 22.0 Å². The van der Waals surface area contributed by atoms with Crippen LogP contribution in [0, 0.1) is 0 Å². The zero-order chi connectivity index (χ0) is 21.4. The highest BCUT2D eigenvalue weighted by Gasteiger charge is 2.33. The molecule has 2 aliphatic rings. The first-order valence-corrected chi connectivity index (χ1v) is 12.6. The standard InChI is InChI=1S/C22H28N4O3S2/c1-4-27-9-10-30-21-18-17(23-13-24-21)16-14-11-22(2,3)29-12-15(14)19(25-20(16)31-18)26-5-7-28-8-6-26/h13H,4-12H2,1-3H3. The van der Waals surface area contributed by atoms with Gasteiger partial charge in [-0.3, -0.25) is 0 Å². The molecule has 0 spiro atoms. The highest BCUT2D eigenvalue weighted by atomic mass is 32.2. The number of morpholine rings is 1. The first-order chi connectivity index (χ1) is 15.1. The van der Waals surface area contributed by atoms with Crippen molar-refractivity contribution in [1.29, 1.82) is 0 Å². The number of anilines is 1. The van der Waals surface area contributed by atoms with E-state index in [0.717, 1.165) is 77.6 Å². The average Bonchev–Trinajstić information content (AvgIpc) is 3.15. The van der Waals surface area contributed by atoms with Crippen LogP contribution in [0.4, 0.5) is 5.82 Å². The largest absolute Gasteiger partial charge is 0.381 e. The fourth-order valence-corrected chi connectivity index (χ4v) is 6.33. The Labute approximate surface area is 190 Å². The molecule has 3 aromatic heterocycles. The third kappa shape index (κ3) is 4.14. The van der Waals surface area contributed by atoms with Gasteiger partial charge in [0.2, 0.25) is 0 Å². The molecule has 5 rings (SSSR count). The van der Waals surface area contributed by atoms with Crippen molar-refractivity contribution in [1.82, 2.24) is 15.0 Å². The van der Waals surface area contributed by atoms with Gasteiger partial charge in [0, 0.05) is 42.8 Å². The summed E-state index contributed by atoms with van der Waals surface area (Å²) in [6.07, 6.45) is 2.53. The molecule has 0 aliphatic carbocycles. The number of hydrogen-bond donors (Lipinski definition) is 0. The molecule has 5 heterocycles. The molecule has 0 bridgehead atoms. The predicted octanol–water partition coefficient (Wildman–Crippen LogP) is 4.06. The molecular formula is C22H28N4O3S2. The van der Waals surface area contributed by atoms with Crippen LogP contribution in [0.25, 0.3) is 20.4 Å². The van der Waals surface area contributed by atoms with Crippen molar-refractivity contribution in [2.75, 3.05) is 50.2 Å². The normalized spacial score (nSPS) is 18.6. The van der Waals surface area contributed by atoms with Crippen molar-refractivity contribution in [3.05, 3.63) is 17.5 Å². The summed E-state index contributed by atoms with van der Waals surface area (Å²) >= 11 is 3.44. The van der Waals surface area contributed by atoms with Gasteiger partial charge in [0.25, 0.3) is 0 Å². The highest BCUT2D eigenvalue weighted by molar-refractivity contribution is 7.99. The molecular weight excluding hydrogens is 432 g/mol. The van der Waals surface area contributed by atoms with E-state index in [1.807, 2.05) is 6.92 Å². The summed E-state index contributed by atoms with van der Waals surface area (Å²) in [5.74, 6) is 1.92. The van der Waals surface area contributed by atoms with Crippen LogP contribution < -0.4 is 4.90 Å². The van der Waals surface area contributed by atoms with Crippen molar-refractivity contribution in [3.8, 4) is 0 Å². The summed E-state index contributed by atoms with van der Waals surface area (Å²) in [7, 11) is 0. The fourth-order valence-electron chi connectivity index (χ4n) is 4.25. The lowest BCUT2D eigenvalue weighted by atomic mass is 9.90. The number of nitrogens with zero attached hydrogens (tertiary/aromatic N) is 4. The minimum Gasteiger partial charge on any atom is -0.381 e. The SMILES string of the molecule is CCOCCSc1ncnc2c1sc1nc(N3CCOCC3)c3c(c12)CC(C)(C)OC3. The second-order valence-corrected chi connectivity index (χ2v) is 10.5. The summed E-state index contributed by atoms with van der Waals surface area (Å²) in [5.41, 5.74) is 3.35. The number of thiophene rings is 1. The van der Waals surface area contributed by atoms with Crippen molar-refractivity contribution < 1.29 is 14.2 Å². The van der Waals surface area contributed by atoms with Gasteiger partial charge < -0.3 is 19.1 Å². The average molecular weight is 461 g/mol. The third-order valence-corrected chi connectivity index (χ3v) is 7.92. The van der Waals surface area contributed by atoms with E-state index in [1.54, 1.807) is 29.4 Å². The zero-order valence-electron chi connectivity index (χ0n) is 18.3. The molecule has 31 heavy (non-hydrogen) atoms. The van der Waals surface area contributed by atoms with E-state index < -0.39 is 0 Å². The molecule has 0 amide bonds.